The number of primary sulfonamides is 1. The topological polar surface area (TPSA) is 120 Å². The van der Waals surface area contributed by atoms with Crippen molar-refractivity contribution in [3.63, 3.8) is 0 Å². The quantitative estimate of drug-likeness (QED) is 0.463. The van der Waals surface area contributed by atoms with E-state index in [0.29, 0.717) is 22.5 Å². The average molecular weight is 449 g/mol. The molecule has 3 heterocycles. The number of hydrogen-bond acceptors (Lipinski definition) is 6. The monoisotopic (exact) mass is 448 g/mol. The fourth-order valence-corrected chi connectivity index (χ4v) is 4.08. The molecular weight excluding hydrogens is 428 g/mol. The fourth-order valence-electron chi connectivity index (χ4n) is 3.33. The summed E-state index contributed by atoms with van der Waals surface area (Å²) in [6.07, 6.45) is 4.37. The normalized spacial score (nSPS) is 12.2. The van der Waals surface area contributed by atoms with Gasteiger partial charge in [0, 0.05) is 34.6 Å². The second-order valence-electron chi connectivity index (χ2n) is 7.06. The number of hydrogen-bond donors (Lipinski definition) is 2. The molecule has 0 bridgehead atoms. The molecule has 8 nitrogen and oxygen atoms in total. The van der Waals surface area contributed by atoms with E-state index in [1.54, 1.807) is 43.6 Å². The number of pyridine rings is 2. The van der Waals surface area contributed by atoms with Crippen LogP contribution in [0.1, 0.15) is 12.6 Å². The van der Waals surface area contributed by atoms with E-state index in [0.717, 1.165) is 11.1 Å². The Hall–Kier alpha value is -3.71. The number of ether oxygens (including phenoxy) is 1. The molecule has 0 fully saturated rings. The maximum Gasteiger partial charge on any atom is 0.238 e. The van der Waals surface area contributed by atoms with Crippen LogP contribution >= 0.6 is 0 Å². The Morgan fingerprint density at radius 2 is 1.88 bits per heavy atom. The van der Waals surface area contributed by atoms with Gasteiger partial charge in [-0.2, -0.15) is 0 Å². The van der Waals surface area contributed by atoms with Gasteiger partial charge in [-0.05, 0) is 37.1 Å². The van der Waals surface area contributed by atoms with Gasteiger partial charge in [0.2, 0.25) is 15.9 Å². The van der Waals surface area contributed by atoms with Gasteiger partial charge in [0.05, 0.1) is 18.2 Å². The Labute approximate surface area is 185 Å². The Morgan fingerprint density at radius 3 is 2.59 bits per heavy atom. The zero-order valence-electron chi connectivity index (χ0n) is 17.4. The zero-order chi connectivity index (χ0) is 22.9. The molecule has 0 aliphatic carbocycles. The van der Waals surface area contributed by atoms with Gasteiger partial charge in [0.15, 0.2) is 0 Å². The van der Waals surface area contributed by atoms with Gasteiger partial charge in [-0.3, -0.25) is 4.40 Å². The molecule has 3 aromatic heterocycles. The Bertz CT molecular complexity index is 1480. The van der Waals surface area contributed by atoms with Crippen molar-refractivity contribution >= 4 is 15.7 Å². The molecule has 1 atom stereocenters. The van der Waals surface area contributed by atoms with Gasteiger partial charge in [0.25, 0.3) is 0 Å². The van der Waals surface area contributed by atoms with Crippen molar-refractivity contribution in [1.82, 2.24) is 14.4 Å². The lowest BCUT2D eigenvalue weighted by molar-refractivity contribution is 0.253. The maximum absolute atomic E-state index is 12.1. The molecule has 32 heavy (non-hydrogen) atoms. The molecular formula is C23H20N4O4S. The van der Waals surface area contributed by atoms with Crippen molar-refractivity contribution in [2.45, 2.75) is 17.9 Å². The Kier molecular flexibility index (Phi) is 5.67. The molecule has 0 aliphatic heterocycles. The van der Waals surface area contributed by atoms with Crippen LogP contribution in [-0.4, -0.2) is 41.1 Å². The van der Waals surface area contributed by atoms with Crippen LogP contribution in [0.25, 0.3) is 27.9 Å². The summed E-state index contributed by atoms with van der Waals surface area (Å²) in [6.45, 7) is 1.59. The van der Waals surface area contributed by atoms with Crippen molar-refractivity contribution in [3.05, 3.63) is 66.7 Å². The summed E-state index contributed by atoms with van der Waals surface area (Å²) in [5.74, 6) is 5.90. The third kappa shape index (κ3) is 4.20. The van der Waals surface area contributed by atoms with E-state index in [1.165, 1.54) is 13.2 Å². The standard InChI is InChI=1S/C23H20N4O4S/c1-15(28)7-9-18-13-25-22-10-8-16(14-27(18)22)17-11-20(23(31-2)26-12-17)19-5-3-4-6-21(19)32(24,29)30/h3-6,8,10-15,28H,1-2H3,(H2,24,29,30). The second-order valence-corrected chi connectivity index (χ2v) is 8.59. The first-order chi connectivity index (χ1) is 15.3. The minimum absolute atomic E-state index is 0.0157. The maximum atomic E-state index is 12.1. The largest absolute Gasteiger partial charge is 0.481 e. The van der Waals surface area contributed by atoms with Crippen molar-refractivity contribution < 1.29 is 18.3 Å². The van der Waals surface area contributed by atoms with Crippen molar-refractivity contribution in [3.8, 4) is 40.0 Å². The lowest BCUT2D eigenvalue weighted by atomic mass is 10.0. The molecule has 162 valence electrons. The third-order valence-electron chi connectivity index (χ3n) is 4.78. The lowest BCUT2D eigenvalue weighted by Crippen LogP contribution is -2.13. The first-order valence-corrected chi connectivity index (χ1v) is 11.2. The highest BCUT2D eigenvalue weighted by Gasteiger charge is 2.19. The van der Waals surface area contributed by atoms with E-state index in [1.807, 2.05) is 22.7 Å². The third-order valence-corrected chi connectivity index (χ3v) is 5.75. The number of fused-ring (bicyclic) bond motifs is 1. The number of aromatic nitrogens is 3. The summed E-state index contributed by atoms with van der Waals surface area (Å²) in [5, 5.41) is 14.9. The summed E-state index contributed by atoms with van der Waals surface area (Å²) in [6, 6.07) is 12.0. The number of aliphatic hydroxyl groups is 1. The van der Waals surface area contributed by atoms with Crippen LogP contribution in [0.15, 0.2) is 66.0 Å². The van der Waals surface area contributed by atoms with Crippen LogP contribution in [0.4, 0.5) is 0 Å². The van der Waals surface area contributed by atoms with Gasteiger partial charge in [-0.15, -0.1) is 0 Å². The van der Waals surface area contributed by atoms with E-state index >= 15 is 0 Å². The number of imidazole rings is 1. The predicted octanol–water partition coefficient (Wildman–Crippen LogP) is 2.45. The van der Waals surface area contributed by atoms with Crippen LogP contribution in [0.2, 0.25) is 0 Å². The summed E-state index contributed by atoms with van der Waals surface area (Å²) in [5.41, 5.74) is 3.76. The summed E-state index contributed by atoms with van der Waals surface area (Å²) in [4.78, 5) is 8.69. The van der Waals surface area contributed by atoms with E-state index in [2.05, 4.69) is 21.8 Å². The average Bonchev–Trinajstić information content (AvgIpc) is 3.19. The molecule has 4 aromatic rings. The fraction of sp³-hybridized carbons (Fsp3) is 0.130. The second kappa shape index (κ2) is 8.43. The minimum atomic E-state index is -3.96. The van der Waals surface area contributed by atoms with E-state index in [9.17, 15) is 13.5 Å². The first kappa shape index (κ1) is 21.5. The van der Waals surface area contributed by atoms with Crippen LogP contribution < -0.4 is 9.88 Å². The molecule has 0 radical (unpaired) electrons. The Balaban J connectivity index is 1.88. The van der Waals surface area contributed by atoms with Gasteiger partial charge < -0.3 is 9.84 Å². The highest BCUT2D eigenvalue weighted by Crippen LogP contribution is 2.35. The van der Waals surface area contributed by atoms with Gasteiger partial charge in [-0.25, -0.2) is 23.5 Å². The summed E-state index contributed by atoms with van der Waals surface area (Å²) < 4.78 is 31.4. The number of nitrogens with zero attached hydrogens (tertiary/aromatic N) is 3. The van der Waals surface area contributed by atoms with Crippen molar-refractivity contribution in [2.75, 3.05) is 7.11 Å². The highest BCUT2D eigenvalue weighted by molar-refractivity contribution is 7.89. The summed E-state index contributed by atoms with van der Waals surface area (Å²) >= 11 is 0. The number of rotatable bonds is 4. The van der Waals surface area contributed by atoms with Crippen LogP contribution in [0.3, 0.4) is 0 Å². The van der Waals surface area contributed by atoms with Crippen LogP contribution in [0, 0.1) is 11.8 Å². The van der Waals surface area contributed by atoms with Gasteiger partial charge >= 0.3 is 0 Å². The lowest BCUT2D eigenvalue weighted by Gasteiger charge is -2.13. The molecule has 3 N–H and O–H groups in total. The number of nitrogens with two attached hydrogens (primary N) is 1. The Morgan fingerprint density at radius 1 is 1.09 bits per heavy atom. The van der Waals surface area contributed by atoms with Crippen molar-refractivity contribution in [2.24, 2.45) is 5.14 Å². The molecule has 0 saturated carbocycles. The van der Waals surface area contributed by atoms with Crippen LogP contribution in [0.5, 0.6) is 5.88 Å². The molecule has 0 spiro atoms. The molecule has 9 heteroatoms. The van der Waals surface area contributed by atoms with Gasteiger partial charge in [0.1, 0.15) is 17.4 Å². The van der Waals surface area contributed by atoms with Crippen molar-refractivity contribution in [1.29, 1.82) is 0 Å². The molecule has 0 aliphatic rings. The zero-order valence-corrected chi connectivity index (χ0v) is 18.2. The predicted molar refractivity (Wildman–Crippen MR) is 120 cm³/mol. The number of aliphatic hydroxyl groups excluding tert-OH is 1. The molecule has 0 amide bonds. The van der Waals surface area contributed by atoms with E-state index in [-0.39, 0.29) is 10.8 Å². The molecule has 1 aromatic carbocycles. The molecule has 1 unspecified atom stereocenters. The molecule has 4 rings (SSSR count). The SMILES string of the molecule is COc1ncc(-c2ccc3ncc(C#CC(C)O)n3c2)cc1-c1ccccc1S(N)(=O)=O. The number of benzene rings is 1. The number of methoxy groups -OCH3 is 1. The highest BCUT2D eigenvalue weighted by atomic mass is 32.2. The van der Waals surface area contributed by atoms with Crippen LogP contribution in [-0.2, 0) is 10.0 Å². The smallest absolute Gasteiger partial charge is 0.238 e. The number of sulfonamides is 1. The molecule has 0 saturated heterocycles. The minimum Gasteiger partial charge on any atom is -0.481 e. The van der Waals surface area contributed by atoms with E-state index in [4.69, 9.17) is 9.88 Å². The first-order valence-electron chi connectivity index (χ1n) is 9.61. The van der Waals surface area contributed by atoms with Gasteiger partial charge in [-0.1, -0.05) is 24.1 Å². The van der Waals surface area contributed by atoms with E-state index < -0.39 is 16.1 Å². The summed E-state index contributed by atoms with van der Waals surface area (Å²) in [7, 11) is -2.49.